The summed E-state index contributed by atoms with van der Waals surface area (Å²) in [6, 6.07) is -1.43. The largest absolute Gasteiger partial charge is 0.480 e. The molecule has 0 spiro atoms. The van der Waals surface area contributed by atoms with E-state index in [1.54, 1.807) is 0 Å². The van der Waals surface area contributed by atoms with Gasteiger partial charge in [0.1, 0.15) is 6.04 Å². The molecule has 0 aliphatic carbocycles. The van der Waals surface area contributed by atoms with Gasteiger partial charge in [-0.05, 0) is 19.3 Å². The van der Waals surface area contributed by atoms with Gasteiger partial charge in [0.2, 0.25) is 5.91 Å². The molecule has 0 heterocycles. The Morgan fingerprint density at radius 1 is 1.29 bits per heavy atom. The number of carboxylic acid groups (broad SMARTS) is 1. The monoisotopic (exact) mass is 246 g/mol. The molecule has 0 aromatic heterocycles. The molecule has 0 bridgehead atoms. The third kappa shape index (κ3) is 6.91. The molecular formula is C11H22N2O4. The molecule has 6 nitrogen and oxygen atoms in total. The van der Waals surface area contributed by atoms with Crippen LogP contribution in [0.25, 0.3) is 0 Å². The lowest BCUT2D eigenvalue weighted by Gasteiger charge is -2.20. The number of rotatable bonds is 7. The molecule has 3 unspecified atom stereocenters. The summed E-state index contributed by atoms with van der Waals surface area (Å²) < 4.78 is 0. The SMILES string of the molecule is CC(C)CC(N)C(O)CC(=O)NC(C)C(=O)O. The number of nitrogens with two attached hydrogens (primary N) is 1. The van der Waals surface area contributed by atoms with Crippen LogP contribution in [0.3, 0.4) is 0 Å². The smallest absolute Gasteiger partial charge is 0.325 e. The summed E-state index contributed by atoms with van der Waals surface area (Å²) in [6.07, 6.45) is -0.507. The Balaban J connectivity index is 4.07. The van der Waals surface area contributed by atoms with Gasteiger partial charge in [0.15, 0.2) is 0 Å². The van der Waals surface area contributed by atoms with Gasteiger partial charge in [-0.3, -0.25) is 9.59 Å². The number of hydrogen-bond donors (Lipinski definition) is 4. The molecule has 0 aromatic rings. The quantitative estimate of drug-likeness (QED) is 0.492. The van der Waals surface area contributed by atoms with Crippen LogP contribution in [-0.4, -0.2) is 40.3 Å². The predicted molar refractivity (Wildman–Crippen MR) is 63.3 cm³/mol. The van der Waals surface area contributed by atoms with E-state index < -0.39 is 30.1 Å². The molecule has 17 heavy (non-hydrogen) atoms. The number of aliphatic hydroxyl groups excluding tert-OH is 1. The highest BCUT2D eigenvalue weighted by Crippen LogP contribution is 2.08. The standard InChI is InChI=1S/C11H22N2O4/c1-6(2)4-8(12)9(14)5-10(15)13-7(3)11(16)17/h6-9,14H,4-5,12H2,1-3H3,(H,13,15)(H,16,17). The van der Waals surface area contributed by atoms with E-state index >= 15 is 0 Å². The first kappa shape index (κ1) is 15.9. The zero-order chi connectivity index (χ0) is 13.6. The van der Waals surface area contributed by atoms with E-state index in [1.165, 1.54) is 6.92 Å². The molecule has 0 aliphatic rings. The van der Waals surface area contributed by atoms with E-state index in [9.17, 15) is 14.7 Å². The zero-order valence-electron chi connectivity index (χ0n) is 10.5. The first-order valence-electron chi connectivity index (χ1n) is 5.69. The van der Waals surface area contributed by atoms with E-state index in [2.05, 4.69) is 5.32 Å². The van der Waals surface area contributed by atoms with E-state index in [-0.39, 0.29) is 6.42 Å². The summed E-state index contributed by atoms with van der Waals surface area (Å²) in [5.74, 6) is -1.29. The van der Waals surface area contributed by atoms with E-state index in [4.69, 9.17) is 10.8 Å². The van der Waals surface area contributed by atoms with Crippen LogP contribution in [0.4, 0.5) is 0 Å². The van der Waals surface area contributed by atoms with Crippen molar-refractivity contribution >= 4 is 11.9 Å². The molecule has 0 aromatic carbocycles. The molecule has 6 heteroatoms. The third-order valence-electron chi connectivity index (χ3n) is 2.38. The van der Waals surface area contributed by atoms with E-state index in [1.807, 2.05) is 13.8 Å². The fourth-order valence-corrected chi connectivity index (χ4v) is 1.40. The van der Waals surface area contributed by atoms with Gasteiger partial charge in [-0.1, -0.05) is 13.8 Å². The van der Waals surface area contributed by atoms with E-state index in [0.717, 1.165) is 0 Å². The second-order valence-corrected chi connectivity index (χ2v) is 4.69. The Hall–Kier alpha value is -1.14. The lowest BCUT2D eigenvalue weighted by atomic mass is 9.98. The average Bonchev–Trinajstić information content (AvgIpc) is 2.15. The normalized spacial score (nSPS) is 16.4. The number of amides is 1. The summed E-state index contributed by atoms with van der Waals surface area (Å²) in [5.41, 5.74) is 5.71. The summed E-state index contributed by atoms with van der Waals surface area (Å²) >= 11 is 0. The minimum atomic E-state index is -1.11. The van der Waals surface area contributed by atoms with Gasteiger partial charge >= 0.3 is 5.97 Å². The predicted octanol–water partition coefficient (Wildman–Crippen LogP) is -0.300. The van der Waals surface area contributed by atoms with Crippen molar-refractivity contribution in [3.8, 4) is 0 Å². The topological polar surface area (TPSA) is 113 Å². The fraction of sp³-hybridized carbons (Fsp3) is 0.818. The molecule has 5 N–H and O–H groups in total. The minimum absolute atomic E-state index is 0.175. The molecule has 0 fully saturated rings. The van der Waals surface area contributed by atoms with E-state index in [0.29, 0.717) is 12.3 Å². The summed E-state index contributed by atoms with van der Waals surface area (Å²) in [6.45, 7) is 5.30. The molecule has 100 valence electrons. The molecule has 0 radical (unpaired) electrons. The number of carbonyl (C=O) groups is 2. The maximum atomic E-state index is 11.4. The van der Waals surface area contributed by atoms with Crippen molar-refractivity contribution in [2.24, 2.45) is 11.7 Å². The molecule has 0 aliphatic heterocycles. The van der Waals surface area contributed by atoms with Crippen molar-refractivity contribution in [2.45, 2.75) is 51.8 Å². The number of nitrogens with one attached hydrogen (secondary N) is 1. The molecule has 1 amide bonds. The van der Waals surface area contributed by atoms with Gasteiger partial charge in [-0.2, -0.15) is 0 Å². The van der Waals surface area contributed by atoms with Gasteiger partial charge in [0.25, 0.3) is 0 Å². The van der Waals surface area contributed by atoms with Crippen LogP contribution < -0.4 is 11.1 Å². The van der Waals surface area contributed by atoms with Crippen LogP contribution in [0.1, 0.15) is 33.6 Å². The number of carboxylic acids is 1. The first-order chi connectivity index (χ1) is 7.73. The zero-order valence-corrected chi connectivity index (χ0v) is 10.5. The van der Waals surface area contributed by atoms with Crippen molar-refractivity contribution in [2.75, 3.05) is 0 Å². The molecule has 3 atom stereocenters. The van der Waals surface area contributed by atoms with Gasteiger partial charge in [0, 0.05) is 6.04 Å². The molecular weight excluding hydrogens is 224 g/mol. The lowest BCUT2D eigenvalue weighted by molar-refractivity contribution is -0.141. The number of aliphatic hydroxyl groups is 1. The van der Waals surface area contributed by atoms with Crippen LogP contribution in [-0.2, 0) is 9.59 Å². The highest BCUT2D eigenvalue weighted by Gasteiger charge is 2.21. The van der Waals surface area contributed by atoms with Crippen molar-refractivity contribution in [1.29, 1.82) is 0 Å². The van der Waals surface area contributed by atoms with Crippen molar-refractivity contribution in [1.82, 2.24) is 5.32 Å². The van der Waals surface area contributed by atoms with Crippen molar-refractivity contribution < 1.29 is 19.8 Å². The second kappa shape index (κ2) is 7.24. The maximum absolute atomic E-state index is 11.4. The number of hydrogen-bond acceptors (Lipinski definition) is 4. The fourth-order valence-electron chi connectivity index (χ4n) is 1.40. The highest BCUT2D eigenvalue weighted by atomic mass is 16.4. The van der Waals surface area contributed by atoms with Crippen molar-refractivity contribution in [3.05, 3.63) is 0 Å². The molecule has 0 saturated carbocycles. The minimum Gasteiger partial charge on any atom is -0.480 e. The van der Waals surface area contributed by atoms with Gasteiger partial charge in [-0.15, -0.1) is 0 Å². The Labute approximate surface area is 101 Å². The third-order valence-corrected chi connectivity index (χ3v) is 2.38. The van der Waals surface area contributed by atoms with Crippen LogP contribution in [0.5, 0.6) is 0 Å². The summed E-state index contributed by atoms with van der Waals surface area (Å²) in [4.78, 5) is 21.9. The Bertz CT molecular complexity index is 268. The number of carbonyl (C=O) groups excluding carboxylic acids is 1. The lowest BCUT2D eigenvalue weighted by Crippen LogP contribution is -2.43. The summed E-state index contributed by atoms with van der Waals surface area (Å²) in [5, 5.41) is 20.5. The Morgan fingerprint density at radius 2 is 1.82 bits per heavy atom. The van der Waals surface area contributed by atoms with Crippen LogP contribution in [0.15, 0.2) is 0 Å². The van der Waals surface area contributed by atoms with Gasteiger partial charge < -0.3 is 21.3 Å². The first-order valence-corrected chi connectivity index (χ1v) is 5.69. The van der Waals surface area contributed by atoms with Crippen LogP contribution in [0, 0.1) is 5.92 Å². The summed E-state index contributed by atoms with van der Waals surface area (Å²) in [7, 11) is 0. The van der Waals surface area contributed by atoms with Crippen LogP contribution >= 0.6 is 0 Å². The second-order valence-electron chi connectivity index (χ2n) is 4.69. The van der Waals surface area contributed by atoms with Crippen LogP contribution in [0.2, 0.25) is 0 Å². The Morgan fingerprint density at radius 3 is 2.24 bits per heavy atom. The highest BCUT2D eigenvalue weighted by molar-refractivity contribution is 5.83. The Kier molecular flexibility index (Phi) is 6.75. The maximum Gasteiger partial charge on any atom is 0.325 e. The average molecular weight is 246 g/mol. The molecule has 0 saturated heterocycles. The van der Waals surface area contributed by atoms with Gasteiger partial charge in [0.05, 0.1) is 12.5 Å². The number of aliphatic carboxylic acids is 1. The van der Waals surface area contributed by atoms with Crippen molar-refractivity contribution in [3.63, 3.8) is 0 Å². The molecule has 0 rings (SSSR count). The van der Waals surface area contributed by atoms with Gasteiger partial charge in [-0.25, -0.2) is 0 Å².